The minimum Gasteiger partial charge on any atom is -0.462 e. The number of carbonyl (C=O) groups excluding carboxylic acids is 2. The van der Waals surface area contributed by atoms with Crippen molar-refractivity contribution in [1.29, 1.82) is 0 Å². The molecule has 0 aliphatic carbocycles. The van der Waals surface area contributed by atoms with E-state index in [4.69, 9.17) is 9.57 Å². The summed E-state index contributed by atoms with van der Waals surface area (Å²) in [6, 6.07) is 8.67. The Morgan fingerprint density at radius 2 is 2.04 bits per heavy atom. The molecule has 0 saturated carbocycles. The van der Waals surface area contributed by atoms with Crippen LogP contribution in [-0.2, 0) is 20.8 Å². The Hall–Kier alpha value is -2.12. The van der Waals surface area contributed by atoms with Crippen molar-refractivity contribution >= 4 is 12.1 Å². The molecule has 0 bridgehead atoms. The van der Waals surface area contributed by atoms with E-state index < -0.39 is 18.1 Å². The Kier molecular flexibility index (Phi) is 7.87. The Labute approximate surface area is 154 Å². The van der Waals surface area contributed by atoms with E-state index >= 15 is 0 Å². The van der Waals surface area contributed by atoms with Crippen molar-refractivity contribution in [2.45, 2.75) is 45.3 Å². The molecule has 1 fully saturated rings. The minimum absolute atomic E-state index is 0.0502. The molecule has 0 aromatic heterocycles. The predicted octanol–water partition coefficient (Wildman–Crippen LogP) is 1.89. The monoisotopic (exact) mass is 364 g/mol. The first kappa shape index (κ1) is 20.2. The second-order valence-electron chi connectivity index (χ2n) is 6.85. The van der Waals surface area contributed by atoms with Crippen LogP contribution in [0.2, 0.25) is 0 Å². The largest absolute Gasteiger partial charge is 0.462 e. The first-order valence-corrected chi connectivity index (χ1v) is 9.06. The number of esters is 1. The molecule has 0 radical (unpaired) electrons. The zero-order chi connectivity index (χ0) is 18.9. The van der Waals surface area contributed by atoms with Crippen LogP contribution >= 0.6 is 0 Å². The zero-order valence-electron chi connectivity index (χ0n) is 15.4. The van der Waals surface area contributed by atoms with Crippen molar-refractivity contribution < 1.29 is 24.3 Å². The first-order valence-electron chi connectivity index (χ1n) is 9.06. The molecular weight excluding hydrogens is 336 g/mol. The highest BCUT2D eigenvalue weighted by atomic mass is 16.7. The lowest BCUT2D eigenvalue weighted by molar-refractivity contribution is -0.153. The summed E-state index contributed by atoms with van der Waals surface area (Å²) in [5.41, 5.74) is 3.51. The highest BCUT2D eigenvalue weighted by Crippen LogP contribution is 2.16. The number of ether oxygens (including phenoxy) is 1. The molecule has 1 unspecified atom stereocenters. The highest BCUT2D eigenvalue weighted by molar-refractivity contribution is 5.76. The van der Waals surface area contributed by atoms with Gasteiger partial charge in [0.2, 0.25) is 0 Å². The van der Waals surface area contributed by atoms with Crippen molar-refractivity contribution in [2.24, 2.45) is 5.92 Å². The number of nitrogens with one attached hydrogen (secondary N) is 1. The summed E-state index contributed by atoms with van der Waals surface area (Å²) in [6.07, 6.45) is 1.26. The standard InChI is InChI=1S/C19H28N2O5/c1-14(2)25-18(23)17(11-15-7-4-3-5-8-15)20-26-19(24)21-10-6-9-16(12-21)13-22/h3-5,7-8,14,16-17,20,22H,6,9-13H2,1-2H3/t16?,17-/m0/s1. The predicted molar refractivity (Wildman–Crippen MR) is 96.2 cm³/mol. The van der Waals surface area contributed by atoms with Gasteiger partial charge >= 0.3 is 12.1 Å². The maximum Gasteiger partial charge on any atom is 0.428 e. The Bertz CT molecular complexity index is 579. The van der Waals surface area contributed by atoms with Crippen LogP contribution in [0.1, 0.15) is 32.3 Å². The number of benzene rings is 1. The van der Waals surface area contributed by atoms with Crippen LogP contribution in [0.25, 0.3) is 0 Å². The maximum atomic E-state index is 12.3. The van der Waals surface area contributed by atoms with Crippen LogP contribution in [0.4, 0.5) is 4.79 Å². The third-order valence-corrected chi connectivity index (χ3v) is 4.24. The summed E-state index contributed by atoms with van der Waals surface area (Å²) in [6.45, 7) is 4.63. The molecule has 144 valence electrons. The Morgan fingerprint density at radius 3 is 2.69 bits per heavy atom. The number of hydrogen-bond donors (Lipinski definition) is 2. The third-order valence-electron chi connectivity index (χ3n) is 4.24. The van der Waals surface area contributed by atoms with E-state index in [0.29, 0.717) is 19.5 Å². The third kappa shape index (κ3) is 6.31. The summed E-state index contributed by atoms with van der Waals surface area (Å²) >= 11 is 0. The summed E-state index contributed by atoms with van der Waals surface area (Å²) < 4.78 is 5.26. The fourth-order valence-corrected chi connectivity index (χ4v) is 2.90. The summed E-state index contributed by atoms with van der Waals surface area (Å²) in [4.78, 5) is 31.3. The van der Waals surface area contributed by atoms with Gasteiger partial charge in [-0.3, -0.25) is 4.79 Å². The fraction of sp³-hybridized carbons (Fsp3) is 0.579. The van der Waals surface area contributed by atoms with Crippen LogP contribution in [0.15, 0.2) is 30.3 Å². The lowest BCUT2D eigenvalue weighted by Gasteiger charge is -2.31. The SMILES string of the molecule is CC(C)OC(=O)[C@H](Cc1ccccc1)NOC(=O)N1CCCC(CO)C1. The maximum absolute atomic E-state index is 12.3. The van der Waals surface area contributed by atoms with Gasteiger partial charge in [-0.15, -0.1) is 5.48 Å². The van der Waals surface area contributed by atoms with Crippen LogP contribution < -0.4 is 5.48 Å². The molecule has 1 amide bonds. The number of hydroxylamine groups is 1. The lowest BCUT2D eigenvalue weighted by Crippen LogP contribution is -2.47. The lowest BCUT2D eigenvalue weighted by atomic mass is 10.00. The topological polar surface area (TPSA) is 88.1 Å². The molecule has 0 spiro atoms. The Morgan fingerprint density at radius 1 is 1.31 bits per heavy atom. The van der Waals surface area contributed by atoms with Gasteiger partial charge < -0.3 is 19.6 Å². The smallest absolute Gasteiger partial charge is 0.428 e. The van der Waals surface area contributed by atoms with E-state index in [1.165, 1.54) is 0 Å². The van der Waals surface area contributed by atoms with E-state index in [1.807, 2.05) is 30.3 Å². The summed E-state index contributed by atoms with van der Waals surface area (Å²) in [5.74, 6) is -0.397. The second kappa shape index (κ2) is 10.1. The fourth-order valence-electron chi connectivity index (χ4n) is 2.90. The van der Waals surface area contributed by atoms with Gasteiger partial charge in [-0.25, -0.2) is 4.79 Å². The number of hydrogen-bond acceptors (Lipinski definition) is 6. The van der Waals surface area contributed by atoms with E-state index in [-0.39, 0.29) is 18.6 Å². The molecule has 1 aromatic rings. The van der Waals surface area contributed by atoms with Crippen molar-refractivity contribution in [3.05, 3.63) is 35.9 Å². The van der Waals surface area contributed by atoms with E-state index in [1.54, 1.807) is 18.7 Å². The van der Waals surface area contributed by atoms with Crippen LogP contribution in [0, 0.1) is 5.92 Å². The highest BCUT2D eigenvalue weighted by Gasteiger charge is 2.27. The number of amides is 1. The molecule has 2 rings (SSSR count). The number of piperidine rings is 1. The van der Waals surface area contributed by atoms with Gasteiger partial charge in [0.15, 0.2) is 0 Å². The van der Waals surface area contributed by atoms with Gasteiger partial charge in [-0.2, -0.15) is 0 Å². The van der Waals surface area contributed by atoms with Gasteiger partial charge in [-0.1, -0.05) is 30.3 Å². The van der Waals surface area contributed by atoms with Gasteiger partial charge in [0.25, 0.3) is 0 Å². The molecule has 1 aliphatic heterocycles. The molecule has 26 heavy (non-hydrogen) atoms. The summed E-state index contributed by atoms with van der Waals surface area (Å²) in [5, 5.41) is 9.27. The molecule has 1 aliphatic rings. The van der Waals surface area contributed by atoms with Gasteiger partial charge in [0, 0.05) is 26.1 Å². The number of nitrogens with zero attached hydrogens (tertiary/aromatic N) is 1. The van der Waals surface area contributed by atoms with Crippen LogP contribution in [-0.4, -0.2) is 53.9 Å². The molecule has 1 aromatic carbocycles. The molecule has 7 nitrogen and oxygen atoms in total. The number of aliphatic hydroxyl groups is 1. The molecule has 1 heterocycles. The number of carbonyl (C=O) groups is 2. The van der Waals surface area contributed by atoms with Crippen LogP contribution in [0.5, 0.6) is 0 Å². The first-order chi connectivity index (χ1) is 12.5. The van der Waals surface area contributed by atoms with Gasteiger partial charge in [0.05, 0.1) is 6.10 Å². The molecule has 7 heteroatoms. The van der Waals surface area contributed by atoms with Crippen molar-refractivity contribution in [3.63, 3.8) is 0 Å². The summed E-state index contributed by atoms with van der Waals surface area (Å²) in [7, 11) is 0. The second-order valence-corrected chi connectivity index (χ2v) is 6.85. The zero-order valence-corrected chi connectivity index (χ0v) is 15.4. The molecule has 2 atom stereocenters. The van der Waals surface area contributed by atoms with Crippen LogP contribution in [0.3, 0.4) is 0 Å². The molecule has 2 N–H and O–H groups in total. The minimum atomic E-state index is -0.790. The van der Waals surface area contributed by atoms with E-state index in [9.17, 15) is 14.7 Å². The average Bonchev–Trinajstić information content (AvgIpc) is 2.65. The number of rotatable bonds is 7. The van der Waals surface area contributed by atoms with E-state index in [0.717, 1.165) is 18.4 Å². The normalized spacial score (nSPS) is 18.5. The average molecular weight is 364 g/mol. The number of likely N-dealkylation sites (tertiary alicyclic amines) is 1. The number of aliphatic hydroxyl groups excluding tert-OH is 1. The quantitative estimate of drug-likeness (QED) is 0.567. The van der Waals surface area contributed by atoms with Crippen molar-refractivity contribution in [2.75, 3.05) is 19.7 Å². The van der Waals surface area contributed by atoms with E-state index in [2.05, 4.69) is 5.48 Å². The van der Waals surface area contributed by atoms with Crippen molar-refractivity contribution in [3.8, 4) is 0 Å². The molecule has 1 saturated heterocycles. The van der Waals surface area contributed by atoms with Gasteiger partial charge in [-0.05, 0) is 38.2 Å². The van der Waals surface area contributed by atoms with Gasteiger partial charge in [0.1, 0.15) is 6.04 Å². The van der Waals surface area contributed by atoms with Crippen molar-refractivity contribution in [1.82, 2.24) is 10.4 Å². The Balaban J connectivity index is 1.94. The molecular formula is C19H28N2O5.